The molecule has 0 fully saturated rings. The molecule has 0 aliphatic heterocycles. The van der Waals surface area contributed by atoms with Gasteiger partial charge in [-0.05, 0) is 46.0 Å². The van der Waals surface area contributed by atoms with Crippen LogP contribution in [0.15, 0.2) is 77.3 Å². The van der Waals surface area contributed by atoms with E-state index in [1.54, 1.807) is 0 Å². The summed E-state index contributed by atoms with van der Waals surface area (Å²) < 4.78 is 9.33. The van der Waals surface area contributed by atoms with Crippen molar-refractivity contribution >= 4 is 27.5 Å². The van der Waals surface area contributed by atoms with Crippen molar-refractivity contribution in [3.8, 4) is 22.5 Å². The van der Waals surface area contributed by atoms with Crippen molar-refractivity contribution in [2.24, 2.45) is 0 Å². The highest BCUT2D eigenvalue weighted by Crippen LogP contribution is 2.30. The standard InChI is InChI=1S/C29H28BrClN6O/c1-2-3-8-27-32-28(31)26(19-38-18-21-11-15-23(30)16-12-21)37(27)17-20-9-13-22(14-10-20)24-6-4-5-7-25(24)29-33-35-36-34-29/h4-7,9-16H,2-3,8,17-19H2,1H3,(H,33,34,35,36). The Bertz CT molecular complexity index is 1470. The number of benzene rings is 3. The first-order chi connectivity index (χ1) is 18.6. The number of hydrogen-bond donors (Lipinski definition) is 1. The maximum Gasteiger partial charge on any atom is 0.205 e. The van der Waals surface area contributed by atoms with Crippen LogP contribution in [-0.2, 0) is 30.9 Å². The second-order valence-electron chi connectivity index (χ2n) is 9.05. The largest absolute Gasteiger partial charge is 0.370 e. The lowest BCUT2D eigenvalue weighted by molar-refractivity contribution is 0.102. The van der Waals surface area contributed by atoms with Gasteiger partial charge in [-0.25, -0.2) is 4.98 Å². The zero-order valence-corrected chi connectivity index (χ0v) is 23.4. The van der Waals surface area contributed by atoms with Crippen molar-refractivity contribution in [3.05, 3.63) is 105 Å². The maximum atomic E-state index is 6.63. The molecule has 5 aromatic rings. The number of imidazole rings is 1. The Hall–Kier alpha value is -3.33. The molecular formula is C29H28BrClN6O. The number of aryl methyl sites for hydroxylation is 1. The number of nitrogens with one attached hydrogen (secondary N) is 1. The number of nitrogens with zero attached hydrogens (tertiary/aromatic N) is 5. The highest BCUT2D eigenvalue weighted by atomic mass is 79.9. The Kier molecular flexibility index (Phi) is 8.63. The Labute approximate surface area is 235 Å². The molecule has 0 aliphatic rings. The van der Waals surface area contributed by atoms with E-state index < -0.39 is 0 Å². The van der Waals surface area contributed by atoms with Gasteiger partial charge in [0.15, 0.2) is 5.15 Å². The molecule has 194 valence electrons. The summed E-state index contributed by atoms with van der Waals surface area (Å²) in [5.74, 6) is 1.57. The number of H-pyrrole nitrogens is 1. The van der Waals surface area contributed by atoms with E-state index in [9.17, 15) is 0 Å². The maximum absolute atomic E-state index is 6.63. The second-order valence-corrected chi connectivity index (χ2v) is 10.3. The second kappa shape index (κ2) is 12.5. The van der Waals surface area contributed by atoms with Crippen LogP contribution in [0, 0.1) is 0 Å². The van der Waals surface area contributed by atoms with Crippen LogP contribution in [0.2, 0.25) is 5.15 Å². The number of aromatic amines is 1. The van der Waals surface area contributed by atoms with Crippen LogP contribution in [0.1, 0.15) is 42.4 Å². The van der Waals surface area contributed by atoms with Crippen molar-refractivity contribution in [1.29, 1.82) is 0 Å². The first-order valence-electron chi connectivity index (χ1n) is 12.6. The molecule has 0 aliphatic carbocycles. The van der Waals surface area contributed by atoms with Crippen molar-refractivity contribution in [2.75, 3.05) is 0 Å². The molecular weight excluding hydrogens is 564 g/mol. The van der Waals surface area contributed by atoms with Crippen molar-refractivity contribution < 1.29 is 4.74 Å². The van der Waals surface area contributed by atoms with E-state index in [1.165, 1.54) is 0 Å². The highest BCUT2D eigenvalue weighted by molar-refractivity contribution is 9.10. The van der Waals surface area contributed by atoms with E-state index in [0.717, 1.165) is 63.1 Å². The van der Waals surface area contributed by atoms with Gasteiger partial charge in [-0.15, -0.1) is 10.2 Å². The minimum Gasteiger partial charge on any atom is -0.370 e. The van der Waals surface area contributed by atoms with E-state index in [4.69, 9.17) is 21.3 Å². The molecule has 5 rings (SSSR count). The lowest BCUT2D eigenvalue weighted by Crippen LogP contribution is -2.10. The predicted octanol–water partition coefficient (Wildman–Crippen LogP) is 7.25. The van der Waals surface area contributed by atoms with Crippen molar-refractivity contribution in [2.45, 2.75) is 45.9 Å². The van der Waals surface area contributed by atoms with Gasteiger partial charge in [0.05, 0.1) is 18.9 Å². The summed E-state index contributed by atoms with van der Waals surface area (Å²) in [6.07, 6.45) is 3.02. The monoisotopic (exact) mass is 590 g/mol. The van der Waals surface area contributed by atoms with E-state index in [1.807, 2.05) is 42.5 Å². The van der Waals surface area contributed by atoms with E-state index in [0.29, 0.717) is 30.7 Å². The van der Waals surface area contributed by atoms with Gasteiger partial charge in [0.1, 0.15) is 5.82 Å². The summed E-state index contributed by atoms with van der Waals surface area (Å²) in [5, 5.41) is 15.1. The van der Waals surface area contributed by atoms with Gasteiger partial charge in [-0.2, -0.15) is 5.21 Å². The van der Waals surface area contributed by atoms with E-state index in [2.05, 4.69) is 78.4 Å². The Morgan fingerprint density at radius 1 is 0.921 bits per heavy atom. The van der Waals surface area contributed by atoms with Gasteiger partial charge < -0.3 is 9.30 Å². The van der Waals surface area contributed by atoms with E-state index >= 15 is 0 Å². The molecule has 1 N–H and O–H groups in total. The molecule has 9 heteroatoms. The number of unbranched alkanes of at least 4 members (excludes halogenated alkanes) is 1. The third-order valence-corrected chi connectivity index (χ3v) is 7.23. The average Bonchev–Trinajstić information content (AvgIpc) is 3.58. The van der Waals surface area contributed by atoms with Crippen molar-refractivity contribution in [1.82, 2.24) is 30.2 Å². The zero-order chi connectivity index (χ0) is 26.3. The SMILES string of the molecule is CCCCc1nc(Cl)c(COCc2ccc(Br)cc2)n1Cc1ccc(-c2ccccc2-c2nn[nH]n2)cc1. The summed E-state index contributed by atoms with van der Waals surface area (Å²) in [6, 6.07) is 24.7. The van der Waals surface area contributed by atoms with Crippen LogP contribution in [0.5, 0.6) is 0 Å². The van der Waals surface area contributed by atoms with Crippen LogP contribution in [0.25, 0.3) is 22.5 Å². The number of rotatable bonds is 11. The Morgan fingerprint density at radius 3 is 2.37 bits per heavy atom. The molecule has 0 bridgehead atoms. The number of aromatic nitrogens is 6. The molecule has 7 nitrogen and oxygen atoms in total. The van der Waals surface area contributed by atoms with Crippen molar-refractivity contribution in [3.63, 3.8) is 0 Å². The summed E-state index contributed by atoms with van der Waals surface area (Å²) in [7, 11) is 0. The number of tetrazole rings is 1. The van der Waals surface area contributed by atoms with Gasteiger partial charge in [-0.1, -0.05) is 102 Å². The molecule has 0 unspecified atom stereocenters. The highest BCUT2D eigenvalue weighted by Gasteiger charge is 2.17. The average molecular weight is 592 g/mol. The van der Waals surface area contributed by atoms with Gasteiger partial charge in [0, 0.05) is 23.0 Å². The van der Waals surface area contributed by atoms with Crippen LogP contribution < -0.4 is 0 Å². The molecule has 38 heavy (non-hydrogen) atoms. The van der Waals surface area contributed by atoms with Gasteiger partial charge in [-0.3, -0.25) is 0 Å². The lowest BCUT2D eigenvalue weighted by Gasteiger charge is -2.14. The van der Waals surface area contributed by atoms with Crippen LogP contribution in [-0.4, -0.2) is 30.2 Å². The summed E-state index contributed by atoms with van der Waals surface area (Å²) in [6.45, 7) is 3.75. The molecule has 3 aromatic carbocycles. The molecule has 0 radical (unpaired) electrons. The molecule has 0 atom stereocenters. The quantitative estimate of drug-likeness (QED) is 0.175. The lowest BCUT2D eigenvalue weighted by atomic mass is 9.98. The molecule has 2 heterocycles. The normalized spacial score (nSPS) is 11.2. The Balaban J connectivity index is 1.36. The van der Waals surface area contributed by atoms with E-state index in [-0.39, 0.29) is 0 Å². The number of hydrogen-bond acceptors (Lipinski definition) is 5. The van der Waals surface area contributed by atoms with Gasteiger partial charge in [0.2, 0.25) is 5.82 Å². The summed E-state index contributed by atoms with van der Waals surface area (Å²) >= 11 is 10.1. The Morgan fingerprint density at radius 2 is 1.66 bits per heavy atom. The third-order valence-electron chi connectivity index (χ3n) is 6.40. The minimum atomic E-state index is 0.393. The molecule has 0 amide bonds. The summed E-state index contributed by atoms with van der Waals surface area (Å²) in [5.41, 5.74) is 6.24. The van der Waals surface area contributed by atoms with Crippen LogP contribution in [0.4, 0.5) is 0 Å². The topological polar surface area (TPSA) is 81.5 Å². The first kappa shape index (κ1) is 26.3. The van der Waals surface area contributed by atoms with Crippen LogP contribution >= 0.6 is 27.5 Å². The molecule has 0 saturated carbocycles. The third kappa shape index (κ3) is 6.20. The number of halogens is 2. The number of ether oxygens (including phenoxy) is 1. The predicted molar refractivity (Wildman–Crippen MR) is 153 cm³/mol. The van der Waals surface area contributed by atoms with Gasteiger partial charge in [0.25, 0.3) is 0 Å². The fourth-order valence-corrected chi connectivity index (χ4v) is 4.90. The zero-order valence-electron chi connectivity index (χ0n) is 21.1. The van der Waals surface area contributed by atoms with Gasteiger partial charge >= 0.3 is 0 Å². The minimum absolute atomic E-state index is 0.393. The summed E-state index contributed by atoms with van der Waals surface area (Å²) in [4.78, 5) is 4.71. The smallest absolute Gasteiger partial charge is 0.205 e. The molecule has 2 aromatic heterocycles. The first-order valence-corrected chi connectivity index (χ1v) is 13.8. The van der Waals surface area contributed by atoms with Crippen LogP contribution in [0.3, 0.4) is 0 Å². The molecule has 0 saturated heterocycles. The molecule has 0 spiro atoms. The fraction of sp³-hybridized carbons (Fsp3) is 0.241. The fourth-order valence-electron chi connectivity index (χ4n) is 4.38.